The summed E-state index contributed by atoms with van der Waals surface area (Å²) in [6.45, 7) is 11.7. The first kappa shape index (κ1) is 33.4. The fraction of sp³-hybridized carbons (Fsp3) is 0.515. The Labute approximate surface area is 251 Å². The Morgan fingerprint density at radius 1 is 0.837 bits per heavy atom. The number of benzene rings is 1. The minimum atomic E-state index is -1.78. The van der Waals surface area contributed by atoms with Gasteiger partial charge in [-0.25, -0.2) is 4.79 Å². The van der Waals surface area contributed by atoms with Crippen LogP contribution in [0, 0.1) is 17.3 Å². The van der Waals surface area contributed by atoms with Crippen LogP contribution >= 0.6 is 0 Å². The lowest BCUT2D eigenvalue weighted by molar-refractivity contribution is -0.170. The molecule has 2 aliphatic rings. The first-order valence-electron chi connectivity index (χ1n) is 14.2. The smallest absolute Gasteiger partial charge is 0.338 e. The topological polar surface area (TPSA) is 139 Å². The molecule has 1 aromatic carbocycles. The summed E-state index contributed by atoms with van der Waals surface area (Å²) in [6, 6.07) is 8.31. The van der Waals surface area contributed by atoms with Crippen LogP contribution in [0.3, 0.4) is 0 Å². The van der Waals surface area contributed by atoms with Gasteiger partial charge in [-0.1, -0.05) is 51.1 Å². The van der Waals surface area contributed by atoms with Crippen LogP contribution in [-0.4, -0.2) is 59.4 Å². The molecule has 0 aliphatic heterocycles. The maximum atomic E-state index is 14.3. The summed E-state index contributed by atoms with van der Waals surface area (Å²) >= 11 is 0. The zero-order valence-corrected chi connectivity index (χ0v) is 25.9. The van der Waals surface area contributed by atoms with Crippen LogP contribution in [0.2, 0.25) is 0 Å². The number of esters is 4. The van der Waals surface area contributed by atoms with Crippen molar-refractivity contribution < 1.29 is 47.7 Å². The molecule has 6 atom stereocenters. The number of hydrogen-bond donors (Lipinski definition) is 0. The summed E-state index contributed by atoms with van der Waals surface area (Å²) in [5, 5.41) is 0. The highest BCUT2D eigenvalue weighted by Crippen LogP contribution is 2.48. The van der Waals surface area contributed by atoms with E-state index in [4.69, 9.17) is 18.9 Å². The molecule has 232 valence electrons. The van der Waals surface area contributed by atoms with E-state index in [0.29, 0.717) is 0 Å². The Morgan fingerprint density at radius 2 is 1.42 bits per heavy atom. The van der Waals surface area contributed by atoms with Crippen molar-refractivity contribution in [3.8, 4) is 0 Å². The first-order valence-corrected chi connectivity index (χ1v) is 14.2. The molecule has 1 aromatic rings. The van der Waals surface area contributed by atoms with E-state index in [1.165, 1.54) is 13.0 Å². The van der Waals surface area contributed by atoms with E-state index in [2.05, 4.69) is 0 Å². The van der Waals surface area contributed by atoms with Gasteiger partial charge in [0.05, 0.1) is 11.5 Å². The number of rotatable bonds is 5. The highest BCUT2D eigenvalue weighted by molar-refractivity contribution is 6.03. The van der Waals surface area contributed by atoms with Crippen LogP contribution in [0.5, 0.6) is 0 Å². The van der Waals surface area contributed by atoms with Gasteiger partial charge < -0.3 is 18.9 Å². The fourth-order valence-electron chi connectivity index (χ4n) is 5.89. The van der Waals surface area contributed by atoms with Crippen molar-refractivity contribution in [3.63, 3.8) is 0 Å². The van der Waals surface area contributed by atoms with Crippen LogP contribution < -0.4 is 0 Å². The number of ketones is 2. The van der Waals surface area contributed by atoms with Gasteiger partial charge in [-0.15, -0.1) is 0 Å². The minimum Gasteiger partial charge on any atom is -0.458 e. The third-order valence-electron chi connectivity index (χ3n) is 8.00. The molecule has 0 N–H and O–H groups in total. The van der Waals surface area contributed by atoms with Gasteiger partial charge in [0.25, 0.3) is 0 Å². The van der Waals surface area contributed by atoms with Gasteiger partial charge in [0, 0.05) is 32.6 Å². The van der Waals surface area contributed by atoms with Crippen LogP contribution in [-0.2, 0) is 42.9 Å². The van der Waals surface area contributed by atoms with Gasteiger partial charge in [-0.2, -0.15) is 0 Å². The molecule has 0 bridgehead atoms. The Kier molecular flexibility index (Phi) is 10.1. The van der Waals surface area contributed by atoms with Gasteiger partial charge in [-0.05, 0) is 49.5 Å². The molecule has 10 heteroatoms. The maximum Gasteiger partial charge on any atom is 0.338 e. The Bertz CT molecular complexity index is 1350. The van der Waals surface area contributed by atoms with E-state index in [-0.39, 0.29) is 29.6 Å². The third kappa shape index (κ3) is 7.29. The summed E-state index contributed by atoms with van der Waals surface area (Å²) in [4.78, 5) is 78.3. The van der Waals surface area contributed by atoms with E-state index in [0.717, 1.165) is 13.8 Å². The second-order valence-corrected chi connectivity index (χ2v) is 12.1. The molecule has 43 heavy (non-hydrogen) atoms. The maximum absolute atomic E-state index is 14.3. The molecular formula is C33H40O10. The Morgan fingerprint density at radius 3 is 1.98 bits per heavy atom. The van der Waals surface area contributed by atoms with Crippen LogP contribution in [0.4, 0.5) is 0 Å². The quantitative estimate of drug-likeness (QED) is 0.271. The summed E-state index contributed by atoms with van der Waals surface area (Å²) in [5.74, 6) is -5.37. The van der Waals surface area contributed by atoms with E-state index in [1.54, 1.807) is 71.0 Å². The largest absolute Gasteiger partial charge is 0.458 e. The summed E-state index contributed by atoms with van der Waals surface area (Å²) < 4.78 is 22.9. The van der Waals surface area contributed by atoms with Crippen LogP contribution in [0.1, 0.15) is 78.6 Å². The van der Waals surface area contributed by atoms with E-state index in [9.17, 15) is 28.8 Å². The van der Waals surface area contributed by atoms with Crippen LogP contribution in [0.15, 0.2) is 53.6 Å². The molecule has 1 fully saturated rings. The first-order chi connectivity index (χ1) is 20.0. The highest BCUT2D eigenvalue weighted by atomic mass is 16.6. The summed E-state index contributed by atoms with van der Waals surface area (Å²) in [5.41, 5.74) is -2.14. The molecule has 10 nitrogen and oxygen atoms in total. The van der Waals surface area contributed by atoms with Crippen LogP contribution in [0.25, 0.3) is 0 Å². The number of carbonyl (C=O) groups is 6. The molecular weight excluding hydrogens is 556 g/mol. The number of ether oxygens (including phenoxy) is 4. The fourth-order valence-corrected chi connectivity index (χ4v) is 5.89. The molecule has 0 saturated heterocycles. The summed E-state index contributed by atoms with van der Waals surface area (Å²) in [7, 11) is 0. The molecule has 0 unspecified atom stereocenters. The van der Waals surface area contributed by atoms with E-state index in [1.807, 2.05) is 0 Å². The van der Waals surface area contributed by atoms with Gasteiger partial charge in [0.2, 0.25) is 11.9 Å². The Balaban J connectivity index is 2.31. The molecule has 3 rings (SSSR count). The minimum absolute atomic E-state index is 0.0334. The summed E-state index contributed by atoms with van der Waals surface area (Å²) in [6.07, 6.45) is -0.620. The normalized spacial score (nSPS) is 31.5. The lowest BCUT2D eigenvalue weighted by Crippen LogP contribution is -2.50. The molecule has 0 radical (unpaired) electrons. The number of Topliss-reactive ketones (excluding diaryl/α,β-unsaturated/α-hetero) is 2. The van der Waals surface area contributed by atoms with Gasteiger partial charge in [-0.3, -0.25) is 24.0 Å². The van der Waals surface area contributed by atoms with E-state index >= 15 is 0 Å². The van der Waals surface area contributed by atoms with Crippen molar-refractivity contribution in [1.82, 2.24) is 0 Å². The van der Waals surface area contributed by atoms with Gasteiger partial charge >= 0.3 is 23.9 Å². The number of hydrogen-bond acceptors (Lipinski definition) is 10. The molecule has 1 saturated carbocycles. The average Bonchev–Trinajstić information content (AvgIpc) is 3.17. The second-order valence-electron chi connectivity index (χ2n) is 12.1. The molecule has 2 aliphatic carbocycles. The number of carbonyl (C=O) groups excluding carboxylic acids is 6. The number of fused-ring (bicyclic) bond motifs is 1. The van der Waals surface area contributed by atoms with Crippen molar-refractivity contribution in [2.24, 2.45) is 17.3 Å². The third-order valence-corrected chi connectivity index (χ3v) is 8.00. The zero-order valence-electron chi connectivity index (χ0n) is 25.9. The van der Waals surface area contributed by atoms with Crippen molar-refractivity contribution >= 4 is 35.4 Å². The van der Waals surface area contributed by atoms with Crippen molar-refractivity contribution in [1.29, 1.82) is 0 Å². The number of allylic oxidation sites excluding steroid dienone is 1. The highest BCUT2D eigenvalue weighted by Gasteiger charge is 2.60. The average molecular weight is 597 g/mol. The lowest BCUT2D eigenvalue weighted by Gasteiger charge is -2.36. The van der Waals surface area contributed by atoms with Crippen molar-refractivity contribution in [2.45, 2.75) is 92.1 Å². The van der Waals surface area contributed by atoms with Crippen molar-refractivity contribution in [3.05, 3.63) is 59.2 Å². The second kappa shape index (κ2) is 13.1. The predicted octanol–water partition coefficient (Wildman–Crippen LogP) is 4.49. The molecule has 0 aromatic heterocycles. The Hall–Kier alpha value is -4.08. The monoisotopic (exact) mass is 596 g/mol. The van der Waals surface area contributed by atoms with Crippen molar-refractivity contribution in [2.75, 3.05) is 0 Å². The SMILES string of the molecule is CC(=O)O[C@@H]1C(=O)C(C)(C)C/C=C(/C)C(=O)[C@@]2(OC(C)=O)C[C@@H](C)[C@H](OC(=O)c3ccccc3)[C@@H]2/C=C(/C)[C@@H]1OC(C)=O. The standard InChI is InChI=1S/C33H40O10/c1-18-14-15-32(7,8)30(38)28(41-22(5)35)27(40-21(4)34)19(2)16-25-26(42-31(39)24-12-10-9-11-13-24)20(3)17-33(25,29(18)37)43-23(6)36/h9-14,16,20,25-28H,15,17H2,1-8H3/b18-14-,19-16-/t20-,25+,26+,27+,28+,33-/m1/s1. The molecule has 0 amide bonds. The zero-order chi connectivity index (χ0) is 32.3. The molecule has 0 heterocycles. The van der Waals surface area contributed by atoms with Gasteiger partial charge in [0.15, 0.2) is 17.5 Å². The predicted molar refractivity (Wildman–Crippen MR) is 154 cm³/mol. The lowest BCUT2D eigenvalue weighted by atomic mass is 9.76. The molecule has 0 spiro atoms. The van der Waals surface area contributed by atoms with E-state index < -0.39 is 76.6 Å². The van der Waals surface area contributed by atoms with Gasteiger partial charge in [0.1, 0.15) is 6.10 Å².